The highest BCUT2D eigenvalue weighted by Crippen LogP contribution is 2.39. The molecule has 1 aromatic carbocycles. The molecule has 0 bridgehead atoms. The Morgan fingerprint density at radius 3 is 2.79 bits per heavy atom. The molecule has 6 heteroatoms. The third-order valence-electron chi connectivity index (χ3n) is 3.38. The highest BCUT2D eigenvalue weighted by atomic mass is 35.5. The van der Waals surface area contributed by atoms with Crippen LogP contribution in [0.15, 0.2) is 18.2 Å². The second-order valence-corrected chi connectivity index (χ2v) is 5.25. The molecule has 0 saturated carbocycles. The molecule has 1 fully saturated rings. The highest BCUT2D eigenvalue weighted by Gasteiger charge is 2.36. The SMILES string of the molecule is CNCC1CCN(c2ccc(Cl)cc2C(F)(F)F)C1. The van der Waals surface area contributed by atoms with Crippen molar-refractivity contribution in [1.29, 1.82) is 0 Å². The molecule has 1 saturated heterocycles. The molecular weight excluding hydrogens is 277 g/mol. The monoisotopic (exact) mass is 292 g/mol. The smallest absolute Gasteiger partial charge is 0.371 e. The number of rotatable bonds is 3. The van der Waals surface area contributed by atoms with Crippen LogP contribution in [-0.2, 0) is 6.18 Å². The maximum absolute atomic E-state index is 13.0. The molecule has 106 valence electrons. The van der Waals surface area contributed by atoms with Gasteiger partial charge in [0.25, 0.3) is 0 Å². The van der Waals surface area contributed by atoms with Gasteiger partial charge < -0.3 is 10.2 Å². The van der Waals surface area contributed by atoms with Gasteiger partial charge in [-0.2, -0.15) is 13.2 Å². The van der Waals surface area contributed by atoms with Crippen LogP contribution in [0.25, 0.3) is 0 Å². The number of hydrogen-bond donors (Lipinski definition) is 1. The summed E-state index contributed by atoms with van der Waals surface area (Å²) >= 11 is 5.68. The Morgan fingerprint density at radius 2 is 2.16 bits per heavy atom. The summed E-state index contributed by atoms with van der Waals surface area (Å²) in [5.74, 6) is 0.391. The van der Waals surface area contributed by atoms with Gasteiger partial charge in [0.1, 0.15) is 0 Å². The van der Waals surface area contributed by atoms with E-state index >= 15 is 0 Å². The van der Waals surface area contributed by atoms with Crippen molar-refractivity contribution in [2.24, 2.45) is 5.92 Å². The molecule has 1 unspecified atom stereocenters. The molecular formula is C13H16ClF3N2. The number of alkyl halides is 3. The van der Waals surface area contributed by atoms with Crippen LogP contribution in [-0.4, -0.2) is 26.7 Å². The molecule has 19 heavy (non-hydrogen) atoms. The molecule has 1 aliphatic rings. The molecule has 0 aromatic heterocycles. The van der Waals surface area contributed by atoms with E-state index in [1.807, 2.05) is 7.05 Å². The second kappa shape index (κ2) is 5.59. The lowest BCUT2D eigenvalue weighted by Crippen LogP contribution is -2.26. The van der Waals surface area contributed by atoms with E-state index in [4.69, 9.17) is 11.6 Å². The van der Waals surface area contributed by atoms with E-state index in [0.717, 1.165) is 19.0 Å². The summed E-state index contributed by atoms with van der Waals surface area (Å²) in [6.45, 7) is 2.12. The van der Waals surface area contributed by atoms with Crippen molar-refractivity contribution in [3.63, 3.8) is 0 Å². The third kappa shape index (κ3) is 3.34. The lowest BCUT2D eigenvalue weighted by molar-refractivity contribution is -0.137. The van der Waals surface area contributed by atoms with Crippen molar-refractivity contribution in [3.05, 3.63) is 28.8 Å². The fourth-order valence-electron chi connectivity index (χ4n) is 2.52. The highest BCUT2D eigenvalue weighted by molar-refractivity contribution is 6.30. The van der Waals surface area contributed by atoms with E-state index < -0.39 is 11.7 Å². The first kappa shape index (κ1) is 14.5. The number of benzene rings is 1. The van der Waals surface area contributed by atoms with Crippen molar-refractivity contribution in [3.8, 4) is 0 Å². The van der Waals surface area contributed by atoms with Crippen LogP contribution in [0.3, 0.4) is 0 Å². The van der Waals surface area contributed by atoms with Crippen LogP contribution >= 0.6 is 11.6 Å². The van der Waals surface area contributed by atoms with Crippen molar-refractivity contribution >= 4 is 17.3 Å². The minimum absolute atomic E-state index is 0.113. The van der Waals surface area contributed by atoms with Crippen molar-refractivity contribution in [2.75, 3.05) is 31.6 Å². The maximum atomic E-state index is 13.0. The summed E-state index contributed by atoms with van der Waals surface area (Å²) in [6.07, 6.45) is -3.47. The predicted octanol–water partition coefficient (Wildman–Crippen LogP) is 3.40. The Balaban J connectivity index is 2.26. The zero-order valence-corrected chi connectivity index (χ0v) is 11.4. The van der Waals surface area contributed by atoms with Crippen molar-refractivity contribution in [1.82, 2.24) is 5.32 Å². The molecule has 1 atom stereocenters. The Labute approximate surface area is 115 Å². The molecule has 0 spiro atoms. The molecule has 2 nitrogen and oxygen atoms in total. The normalized spacial score (nSPS) is 20.1. The Bertz CT molecular complexity index is 448. The van der Waals surface area contributed by atoms with E-state index in [9.17, 15) is 13.2 Å². The number of nitrogens with zero attached hydrogens (tertiary/aromatic N) is 1. The minimum atomic E-state index is -4.37. The summed E-state index contributed by atoms with van der Waals surface area (Å²) in [7, 11) is 1.85. The van der Waals surface area contributed by atoms with Crippen LogP contribution < -0.4 is 10.2 Å². The first-order valence-corrected chi connectivity index (χ1v) is 6.56. The van der Waals surface area contributed by atoms with Gasteiger partial charge in [0.05, 0.1) is 5.56 Å². The molecule has 0 aliphatic carbocycles. The summed E-state index contributed by atoms with van der Waals surface area (Å²) < 4.78 is 39.1. The Morgan fingerprint density at radius 1 is 1.42 bits per heavy atom. The fourth-order valence-corrected chi connectivity index (χ4v) is 2.69. The molecule has 1 heterocycles. The second-order valence-electron chi connectivity index (χ2n) is 4.82. The third-order valence-corrected chi connectivity index (χ3v) is 3.62. The van der Waals surface area contributed by atoms with Crippen LogP contribution in [0.2, 0.25) is 5.02 Å². The first-order valence-electron chi connectivity index (χ1n) is 6.18. The van der Waals surface area contributed by atoms with E-state index in [1.165, 1.54) is 12.1 Å². The zero-order chi connectivity index (χ0) is 14.0. The van der Waals surface area contributed by atoms with E-state index in [-0.39, 0.29) is 10.7 Å². The lowest BCUT2D eigenvalue weighted by atomic mass is 10.1. The van der Waals surface area contributed by atoms with Crippen LogP contribution in [0.1, 0.15) is 12.0 Å². The molecule has 0 amide bonds. The van der Waals surface area contributed by atoms with Gasteiger partial charge in [-0.3, -0.25) is 0 Å². The first-order chi connectivity index (χ1) is 8.91. The van der Waals surface area contributed by atoms with Gasteiger partial charge in [-0.15, -0.1) is 0 Å². The van der Waals surface area contributed by atoms with Crippen molar-refractivity contribution < 1.29 is 13.2 Å². The predicted molar refractivity (Wildman–Crippen MR) is 70.7 cm³/mol. The zero-order valence-electron chi connectivity index (χ0n) is 10.6. The number of hydrogen-bond acceptors (Lipinski definition) is 2. The largest absolute Gasteiger partial charge is 0.418 e. The number of nitrogens with one attached hydrogen (secondary N) is 1. The van der Waals surface area contributed by atoms with Crippen LogP contribution in [0.5, 0.6) is 0 Å². The van der Waals surface area contributed by atoms with E-state index in [0.29, 0.717) is 19.0 Å². The van der Waals surface area contributed by atoms with E-state index in [1.54, 1.807) is 4.90 Å². The van der Waals surface area contributed by atoms with Gasteiger partial charge in [0, 0.05) is 23.8 Å². The van der Waals surface area contributed by atoms with Gasteiger partial charge in [0.2, 0.25) is 0 Å². The topological polar surface area (TPSA) is 15.3 Å². The Hall–Kier alpha value is -0.940. The van der Waals surface area contributed by atoms with Gasteiger partial charge in [-0.05, 0) is 44.1 Å². The standard InChI is InChI=1S/C13H16ClF3N2/c1-18-7-9-4-5-19(8-9)12-3-2-10(14)6-11(12)13(15,16)17/h2-3,6,9,18H,4-5,7-8H2,1H3. The van der Waals surface area contributed by atoms with Crippen molar-refractivity contribution in [2.45, 2.75) is 12.6 Å². The Kier molecular flexibility index (Phi) is 4.26. The minimum Gasteiger partial charge on any atom is -0.371 e. The quantitative estimate of drug-likeness (QED) is 0.918. The summed E-state index contributed by atoms with van der Waals surface area (Å²) in [6, 6.07) is 3.98. The molecule has 1 aromatic rings. The lowest BCUT2D eigenvalue weighted by Gasteiger charge is -2.23. The summed E-state index contributed by atoms with van der Waals surface area (Å²) in [5.41, 5.74) is -0.416. The van der Waals surface area contributed by atoms with Crippen LogP contribution in [0.4, 0.5) is 18.9 Å². The van der Waals surface area contributed by atoms with Gasteiger partial charge in [0.15, 0.2) is 0 Å². The fraction of sp³-hybridized carbons (Fsp3) is 0.538. The molecule has 2 rings (SSSR count). The summed E-state index contributed by atoms with van der Waals surface area (Å²) in [5, 5.41) is 3.18. The van der Waals surface area contributed by atoms with Gasteiger partial charge in [-0.1, -0.05) is 11.6 Å². The van der Waals surface area contributed by atoms with Crippen LogP contribution in [0, 0.1) is 5.92 Å². The summed E-state index contributed by atoms with van der Waals surface area (Å²) in [4.78, 5) is 1.79. The van der Waals surface area contributed by atoms with Gasteiger partial charge in [-0.25, -0.2) is 0 Å². The number of anilines is 1. The molecule has 1 aliphatic heterocycles. The molecule has 0 radical (unpaired) electrons. The number of halogens is 4. The average molecular weight is 293 g/mol. The average Bonchev–Trinajstić information content (AvgIpc) is 2.77. The van der Waals surface area contributed by atoms with E-state index in [2.05, 4.69) is 5.32 Å². The van der Waals surface area contributed by atoms with Gasteiger partial charge >= 0.3 is 6.18 Å². The molecule has 1 N–H and O–H groups in total. The maximum Gasteiger partial charge on any atom is 0.418 e.